The summed E-state index contributed by atoms with van der Waals surface area (Å²) in [6.07, 6.45) is 1.36. The average Bonchev–Trinajstić information content (AvgIpc) is 3.09. The first-order valence-electron chi connectivity index (χ1n) is 8.09. The van der Waals surface area contributed by atoms with Crippen molar-refractivity contribution in [1.29, 1.82) is 0 Å². The van der Waals surface area contributed by atoms with Crippen molar-refractivity contribution in [1.82, 2.24) is 5.32 Å². The number of aliphatic hydroxyl groups excluding tert-OH is 1. The summed E-state index contributed by atoms with van der Waals surface area (Å²) in [5.74, 6) is 1.45. The number of hydrogen-bond donors (Lipinski definition) is 2. The summed E-state index contributed by atoms with van der Waals surface area (Å²) in [5.41, 5.74) is 1.80. The van der Waals surface area contributed by atoms with Crippen molar-refractivity contribution in [2.75, 3.05) is 19.8 Å². The van der Waals surface area contributed by atoms with E-state index in [0.717, 1.165) is 29.0 Å². The van der Waals surface area contributed by atoms with E-state index in [1.165, 1.54) is 0 Å². The maximum Gasteiger partial charge on any atom is 0.251 e. The summed E-state index contributed by atoms with van der Waals surface area (Å²) >= 11 is 0. The van der Waals surface area contributed by atoms with Gasteiger partial charge in [-0.3, -0.25) is 4.79 Å². The molecule has 2 N–H and O–H groups in total. The highest BCUT2D eigenvalue weighted by atomic mass is 16.5. The Bertz CT molecular complexity index is 789. The summed E-state index contributed by atoms with van der Waals surface area (Å²) in [6, 6.07) is 13.1. The number of amides is 1. The van der Waals surface area contributed by atoms with Crippen LogP contribution in [0.5, 0.6) is 11.5 Å². The van der Waals surface area contributed by atoms with Crippen LogP contribution in [0.1, 0.15) is 21.5 Å². The quantitative estimate of drug-likeness (QED) is 0.902. The number of aliphatic hydroxyl groups is 1. The molecule has 2 heterocycles. The molecule has 2 aliphatic heterocycles. The van der Waals surface area contributed by atoms with Crippen molar-refractivity contribution in [2.45, 2.75) is 18.4 Å². The SMILES string of the molecule is O=C(NC1(CO)COc2ccccc2C1)c1ccc2c(c1)CCO2. The molecule has 24 heavy (non-hydrogen) atoms. The first-order valence-corrected chi connectivity index (χ1v) is 8.09. The summed E-state index contributed by atoms with van der Waals surface area (Å²) in [5, 5.41) is 12.9. The molecule has 0 aromatic heterocycles. The van der Waals surface area contributed by atoms with Crippen LogP contribution in [-0.2, 0) is 12.8 Å². The number of hydrogen-bond acceptors (Lipinski definition) is 4. The van der Waals surface area contributed by atoms with Gasteiger partial charge in [0.05, 0.1) is 13.2 Å². The summed E-state index contributed by atoms with van der Waals surface area (Å²) in [6.45, 7) is 0.729. The van der Waals surface area contributed by atoms with Gasteiger partial charge < -0.3 is 19.9 Å². The molecular formula is C19H19NO4. The fourth-order valence-corrected chi connectivity index (χ4v) is 3.28. The highest BCUT2D eigenvalue weighted by Gasteiger charge is 2.37. The Hall–Kier alpha value is -2.53. The molecule has 2 aromatic carbocycles. The molecule has 1 amide bonds. The molecule has 0 aliphatic carbocycles. The maximum atomic E-state index is 12.7. The molecule has 0 saturated heterocycles. The number of para-hydroxylation sites is 1. The zero-order chi connectivity index (χ0) is 16.6. The molecular weight excluding hydrogens is 306 g/mol. The molecule has 0 fully saturated rings. The van der Waals surface area contributed by atoms with Crippen molar-refractivity contribution < 1.29 is 19.4 Å². The summed E-state index contributed by atoms with van der Waals surface area (Å²) < 4.78 is 11.2. The Morgan fingerprint density at radius 1 is 1.12 bits per heavy atom. The number of fused-ring (bicyclic) bond motifs is 2. The van der Waals surface area contributed by atoms with Crippen molar-refractivity contribution in [2.24, 2.45) is 0 Å². The van der Waals surface area contributed by atoms with Crippen LogP contribution in [0.4, 0.5) is 0 Å². The topological polar surface area (TPSA) is 67.8 Å². The van der Waals surface area contributed by atoms with E-state index in [-0.39, 0.29) is 19.1 Å². The van der Waals surface area contributed by atoms with Gasteiger partial charge in [-0.15, -0.1) is 0 Å². The van der Waals surface area contributed by atoms with E-state index in [1.807, 2.05) is 36.4 Å². The molecule has 2 aliphatic rings. The third-order valence-electron chi connectivity index (χ3n) is 4.64. The average molecular weight is 325 g/mol. The normalized spacial score (nSPS) is 21.2. The van der Waals surface area contributed by atoms with E-state index >= 15 is 0 Å². The van der Waals surface area contributed by atoms with Crippen molar-refractivity contribution in [3.05, 3.63) is 59.2 Å². The van der Waals surface area contributed by atoms with E-state index in [9.17, 15) is 9.90 Å². The number of rotatable bonds is 3. The first-order chi connectivity index (χ1) is 11.7. The number of ether oxygens (including phenoxy) is 2. The fraction of sp³-hybridized carbons (Fsp3) is 0.316. The van der Waals surface area contributed by atoms with E-state index in [1.54, 1.807) is 6.07 Å². The maximum absolute atomic E-state index is 12.7. The van der Waals surface area contributed by atoms with Gasteiger partial charge in [-0.2, -0.15) is 0 Å². The lowest BCUT2D eigenvalue weighted by Crippen LogP contribution is -2.58. The highest BCUT2D eigenvalue weighted by Crippen LogP contribution is 2.30. The molecule has 0 saturated carbocycles. The largest absolute Gasteiger partial charge is 0.493 e. The van der Waals surface area contributed by atoms with Gasteiger partial charge in [0, 0.05) is 18.4 Å². The van der Waals surface area contributed by atoms with Gasteiger partial charge in [-0.25, -0.2) is 0 Å². The van der Waals surface area contributed by atoms with Crippen LogP contribution in [0.15, 0.2) is 42.5 Å². The van der Waals surface area contributed by atoms with Gasteiger partial charge in [0.25, 0.3) is 5.91 Å². The molecule has 0 radical (unpaired) electrons. The van der Waals surface area contributed by atoms with Crippen LogP contribution in [0.25, 0.3) is 0 Å². The predicted molar refractivity (Wildman–Crippen MR) is 88.6 cm³/mol. The van der Waals surface area contributed by atoms with Crippen LogP contribution in [0, 0.1) is 0 Å². The molecule has 4 rings (SSSR count). The van der Waals surface area contributed by atoms with Gasteiger partial charge in [0.15, 0.2) is 0 Å². The van der Waals surface area contributed by atoms with Gasteiger partial charge in [0.2, 0.25) is 0 Å². The lowest BCUT2D eigenvalue weighted by Gasteiger charge is -2.37. The van der Waals surface area contributed by atoms with Crippen LogP contribution in [0.3, 0.4) is 0 Å². The third-order valence-corrected chi connectivity index (χ3v) is 4.64. The van der Waals surface area contributed by atoms with Crippen LogP contribution < -0.4 is 14.8 Å². The second-order valence-corrected chi connectivity index (χ2v) is 6.39. The zero-order valence-corrected chi connectivity index (χ0v) is 13.2. The van der Waals surface area contributed by atoms with E-state index in [0.29, 0.717) is 18.6 Å². The number of benzene rings is 2. The lowest BCUT2D eigenvalue weighted by atomic mass is 9.89. The summed E-state index contributed by atoms with van der Waals surface area (Å²) in [7, 11) is 0. The Labute approximate surface area is 140 Å². The minimum absolute atomic E-state index is 0.179. The third kappa shape index (κ3) is 2.61. The molecule has 0 spiro atoms. The van der Waals surface area contributed by atoms with Crippen molar-refractivity contribution >= 4 is 5.91 Å². The Balaban J connectivity index is 1.56. The zero-order valence-electron chi connectivity index (χ0n) is 13.2. The van der Waals surface area contributed by atoms with Crippen molar-refractivity contribution in [3.63, 3.8) is 0 Å². The Morgan fingerprint density at radius 2 is 1.96 bits per heavy atom. The molecule has 2 aromatic rings. The number of carbonyl (C=O) groups excluding carboxylic acids is 1. The Kier molecular flexibility index (Phi) is 3.65. The number of carbonyl (C=O) groups is 1. The van der Waals surface area contributed by atoms with E-state index < -0.39 is 5.54 Å². The van der Waals surface area contributed by atoms with E-state index in [2.05, 4.69) is 5.32 Å². The second kappa shape index (κ2) is 5.83. The van der Waals surface area contributed by atoms with Crippen molar-refractivity contribution in [3.8, 4) is 11.5 Å². The fourth-order valence-electron chi connectivity index (χ4n) is 3.28. The van der Waals surface area contributed by atoms with Crippen LogP contribution in [-0.4, -0.2) is 36.4 Å². The minimum Gasteiger partial charge on any atom is -0.493 e. The molecule has 5 nitrogen and oxygen atoms in total. The minimum atomic E-state index is -0.805. The molecule has 1 unspecified atom stereocenters. The monoisotopic (exact) mass is 325 g/mol. The first kappa shape index (κ1) is 15.0. The molecule has 124 valence electrons. The standard InChI is InChI=1S/C19H19NO4/c21-11-19(10-15-3-1-2-4-16(15)24-12-19)20-18(22)14-5-6-17-13(9-14)7-8-23-17/h1-6,9,21H,7-8,10-12H2,(H,20,22). The van der Waals surface area contributed by atoms with Gasteiger partial charge in [-0.1, -0.05) is 18.2 Å². The second-order valence-electron chi connectivity index (χ2n) is 6.39. The van der Waals surface area contributed by atoms with Gasteiger partial charge in [0.1, 0.15) is 23.6 Å². The molecule has 1 atom stereocenters. The van der Waals surface area contributed by atoms with E-state index in [4.69, 9.17) is 9.47 Å². The molecule has 0 bridgehead atoms. The van der Waals surface area contributed by atoms with Crippen LogP contribution >= 0.6 is 0 Å². The highest BCUT2D eigenvalue weighted by molar-refractivity contribution is 5.95. The van der Waals surface area contributed by atoms with Gasteiger partial charge in [-0.05, 0) is 35.4 Å². The molecule has 5 heteroatoms. The number of nitrogens with one attached hydrogen (secondary N) is 1. The summed E-state index contributed by atoms with van der Waals surface area (Å²) in [4.78, 5) is 12.7. The van der Waals surface area contributed by atoms with Crippen LogP contribution in [0.2, 0.25) is 0 Å². The predicted octanol–water partition coefficient (Wildman–Crippen LogP) is 1.72. The van der Waals surface area contributed by atoms with Gasteiger partial charge >= 0.3 is 0 Å². The lowest BCUT2D eigenvalue weighted by molar-refractivity contribution is 0.0653. The Morgan fingerprint density at radius 3 is 2.83 bits per heavy atom. The smallest absolute Gasteiger partial charge is 0.251 e.